The Hall–Kier alpha value is -2.54. The summed E-state index contributed by atoms with van der Waals surface area (Å²) in [5, 5.41) is 5.15. The largest absolute Gasteiger partial charge is 0.416 e. The van der Waals surface area contributed by atoms with Crippen LogP contribution in [0.3, 0.4) is 0 Å². The van der Waals surface area contributed by atoms with Crippen LogP contribution in [0.1, 0.15) is 12.0 Å². The van der Waals surface area contributed by atoms with Gasteiger partial charge in [-0.15, -0.1) is 0 Å². The number of carbonyl (C=O) groups excluding carboxylic acids is 2. The van der Waals surface area contributed by atoms with Crippen LogP contribution in [0.4, 0.5) is 24.5 Å². The van der Waals surface area contributed by atoms with Crippen molar-refractivity contribution in [1.82, 2.24) is 0 Å². The highest BCUT2D eigenvalue weighted by molar-refractivity contribution is 6.30. The molecule has 0 atom stereocenters. The van der Waals surface area contributed by atoms with E-state index in [4.69, 9.17) is 11.6 Å². The lowest BCUT2D eigenvalue weighted by molar-refractivity contribution is -0.137. The summed E-state index contributed by atoms with van der Waals surface area (Å²) in [5.41, 5.74) is -0.506. The number of rotatable bonds is 4. The second-order valence-corrected chi connectivity index (χ2v) is 5.30. The Morgan fingerprint density at radius 1 is 0.917 bits per heavy atom. The van der Waals surface area contributed by atoms with E-state index in [1.807, 2.05) is 0 Å². The van der Waals surface area contributed by atoms with Crippen LogP contribution in [0.2, 0.25) is 5.02 Å². The van der Waals surface area contributed by atoms with Gasteiger partial charge in [-0.25, -0.2) is 0 Å². The zero-order valence-electron chi connectivity index (χ0n) is 12.2. The smallest absolute Gasteiger partial charge is 0.326 e. The van der Waals surface area contributed by atoms with Gasteiger partial charge < -0.3 is 10.6 Å². The van der Waals surface area contributed by atoms with Crippen LogP contribution in [-0.2, 0) is 15.8 Å². The number of halogens is 4. The molecule has 8 heteroatoms. The predicted molar refractivity (Wildman–Crippen MR) is 84.8 cm³/mol. The average Bonchev–Trinajstić information content (AvgIpc) is 2.46. The molecule has 2 aromatic rings. The maximum atomic E-state index is 12.6. The zero-order chi connectivity index (χ0) is 17.7. The van der Waals surface area contributed by atoms with E-state index >= 15 is 0 Å². The van der Waals surface area contributed by atoms with Gasteiger partial charge in [-0.1, -0.05) is 23.7 Å². The highest BCUT2D eigenvalue weighted by Gasteiger charge is 2.30. The number of nitrogens with one attached hydrogen (secondary N) is 2. The molecule has 2 N–H and O–H groups in total. The minimum atomic E-state index is -4.51. The SMILES string of the molecule is O=C(CC(=O)Nc1cccc(C(F)(F)F)c1)Nc1cccc(Cl)c1. The number of amides is 2. The zero-order valence-corrected chi connectivity index (χ0v) is 12.9. The molecule has 0 saturated carbocycles. The molecule has 0 bridgehead atoms. The molecule has 0 unspecified atom stereocenters. The Kier molecular flexibility index (Phi) is 5.46. The molecule has 0 radical (unpaired) electrons. The first-order valence-corrected chi connectivity index (χ1v) is 7.14. The molecule has 4 nitrogen and oxygen atoms in total. The van der Waals surface area contributed by atoms with Gasteiger partial charge in [0.1, 0.15) is 6.42 Å². The van der Waals surface area contributed by atoms with Crippen LogP contribution in [0, 0.1) is 0 Å². The number of anilines is 2. The second-order valence-electron chi connectivity index (χ2n) is 4.86. The third kappa shape index (κ3) is 5.27. The first-order chi connectivity index (χ1) is 11.2. The molecule has 2 rings (SSSR count). The number of benzene rings is 2. The molecule has 24 heavy (non-hydrogen) atoms. The van der Waals surface area contributed by atoms with Gasteiger partial charge in [0.2, 0.25) is 11.8 Å². The van der Waals surface area contributed by atoms with Crippen molar-refractivity contribution in [3.8, 4) is 0 Å². The maximum absolute atomic E-state index is 12.6. The topological polar surface area (TPSA) is 58.2 Å². The van der Waals surface area contributed by atoms with Gasteiger partial charge in [-0.05, 0) is 36.4 Å². The van der Waals surface area contributed by atoms with Crippen molar-refractivity contribution in [2.75, 3.05) is 10.6 Å². The lowest BCUT2D eigenvalue weighted by Gasteiger charge is -2.10. The lowest BCUT2D eigenvalue weighted by atomic mass is 10.2. The van der Waals surface area contributed by atoms with E-state index in [2.05, 4.69) is 10.6 Å². The molecule has 0 aliphatic rings. The molecule has 0 fully saturated rings. The molecule has 0 spiro atoms. The Labute approximate surface area is 140 Å². The van der Waals surface area contributed by atoms with E-state index < -0.39 is 30.0 Å². The van der Waals surface area contributed by atoms with Gasteiger partial charge in [0, 0.05) is 16.4 Å². The van der Waals surface area contributed by atoms with Gasteiger partial charge in [0.15, 0.2) is 0 Å². The van der Waals surface area contributed by atoms with Gasteiger partial charge in [-0.3, -0.25) is 9.59 Å². The number of hydrogen-bond acceptors (Lipinski definition) is 2. The van der Waals surface area contributed by atoms with Gasteiger partial charge in [0.05, 0.1) is 5.56 Å². The molecule has 126 valence electrons. The maximum Gasteiger partial charge on any atom is 0.416 e. The van der Waals surface area contributed by atoms with E-state index in [9.17, 15) is 22.8 Å². The Morgan fingerprint density at radius 3 is 2.00 bits per heavy atom. The highest BCUT2D eigenvalue weighted by atomic mass is 35.5. The van der Waals surface area contributed by atoms with Crippen molar-refractivity contribution in [3.05, 3.63) is 59.1 Å². The normalized spacial score (nSPS) is 11.0. The van der Waals surface area contributed by atoms with Crippen LogP contribution in [-0.4, -0.2) is 11.8 Å². The summed E-state index contributed by atoms with van der Waals surface area (Å²) in [6.07, 6.45) is -5.05. The summed E-state index contributed by atoms with van der Waals surface area (Å²) in [6, 6.07) is 10.5. The predicted octanol–water partition coefficient (Wildman–Crippen LogP) is 4.33. The fourth-order valence-electron chi connectivity index (χ4n) is 1.90. The summed E-state index contributed by atoms with van der Waals surface area (Å²) in [5.74, 6) is -1.34. The van der Waals surface area contributed by atoms with Crippen molar-refractivity contribution < 1.29 is 22.8 Å². The fourth-order valence-corrected chi connectivity index (χ4v) is 2.09. The van der Waals surface area contributed by atoms with Crippen molar-refractivity contribution in [2.24, 2.45) is 0 Å². The Bertz CT molecular complexity index is 763. The first-order valence-electron chi connectivity index (χ1n) is 6.76. The van der Waals surface area contributed by atoms with Gasteiger partial charge in [-0.2, -0.15) is 13.2 Å². The van der Waals surface area contributed by atoms with Crippen LogP contribution in [0.5, 0.6) is 0 Å². The van der Waals surface area contributed by atoms with Crippen LogP contribution in [0.25, 0.3) is 0 Å². The van der Waals surface area contributed by atoms with Crippen LogP contribution < -0.4 is 10.6 Å². The van der Waals surface area contributed by atoms with Gasteiger partial charge in [0.25, 0.3) is 0 Å². The standard InChI is InChI=1S/C16H12ClF3N2O2/c17-11-4-2-6-13(8-11)22-15(24)9-14(23)21-12-5-1-3-10(7-12)16(18,19)20/h1-8H,9H2,(H,21,23)(H,22,24). The van der Waals surface area contributed by atoms with Crippen molar-refractivity contribution >= 4 is 34.8 Å². The van der Waals surface area contributed by atoms with E-state index in [0.29, 0.717) is 10.7 Å². The summed E-state index contributed by atoms with van der Waals surface area (Å²) >= 11 is 5.77. The third-order valence-electron chi connectivity index (χ3n) is 2.90. The average molecular weight is 357 g/mol. The monoisotopic (exact) mass is 356 g/mol. The van der Waals surface area contributed by atoms with E-state index in [0.717, 1.165) is 12.1 Å². The molecule has 0 aliphatic heterocycles. The van der Waals surface area contributed by atoms with Crippen molar-refractivity contribution in [3.63, 3.8) is 0 Å². The summed E-state index contributed by atoms with van der Waals surface area (Å²) < 4.78 is 37.8. The van der Waals surface area contributed by atoms with E-state index in [1.165, 1.54) is 18.2 Å². The highest BCUT2D eigenvalue weighted by Crippen LogP contribution is 2.30. The lowest BCUT2D eigenvalue weighted by Crippen LogP contribution is -2.21. The molecule has 0 aromatic heterocycles. The summed E-state index contributed by atoms with van der Waals surface area (Å²) in [7, 11) is 0. The molecular weight excluding hydrogens is 345 g/mol. The summed E-state index contributed by atoms with van der Waals surface area (Å²) in [4.78, 5) is 23.5. The first kappa shape index (κ1) is 17.8. The third-order valence-corrected chi connectivity index (χ3v) is 3.14. The molecular formula is C16H12ClF3N2O2. The number of alkyl halides is 3. The number of carbonyl (C=O) groups is 2. The van der Waals surface area contributed by atoms with Crippen molar-refractivity contribution in [1.29, 1.82) is 0 Å². The van der Waals surface area contributed by atoms with E-state index in [1.54, 1.807) is 18.2 Å². The quantitative estimate of drug-likeness (QED) is 0.801. The summed E-state index contributed by atoms with van der Waals surface area (Å²) in [6.45, 7) is 0. The minimum absolute atomic E-state index is 0.0367. The molecule has 2 amide bonds. The molecule has 0 heterocycles. The van der Waals surface area contributed by atoms with Crippen molar-refractivity contribution in [2.45, 2.75) is 12.6 Å². The molecule has 0 aliphatic carbocycles. The minimum Gasteiger partial charge on any atom is -0.326 e. The van der Waals surface area contributed by atoms with E-state index in [-0.39, 0.29) is 5.69 Å². The van der Waals surface area contributed by atoms with Crippen LogP contribution in [0.15, 0.2) is 48.5 Å². The molecule has 2 aromatic carbocycles. The van der Waals surface area contributed by atoms with Crippen LogP contribution >= 0.6 is 11.6 Å². The van der Waals surface area contributed by atoms with Gasteiger partial charge >= 0.3 is 6.18 Å². The Morgan fingerprint density at radius 2 is 1.46 bits per heavy atom. The molecule has 0 saturated heterocycles. The second kappa shape index (κ2) is 7.35. The fraction of sp³-hybridized carbons (Fsp3) is 0.125. The number of hydrogen-bond donors (Lipinski definition) is 2. The Balaban J connectivity index is 1.94.